The molecule has 1 atom stereocenters. The van der Waals surface area contributed by atoms with Gasteiger partial charge < -0.3 is 9.64 Å². The number of carbonyl (C=O) groups excluding carboxylic acids is 2. The van der Waals surface area contributed by atoms with Gasteiger partial charge >= 0.3 is 5.97 Å². The van der Waals surface area contributed by atoms with E-state index in [1.54, 1.807) is 31.2 Å². The van der Waals surface area contributed by atoms with Crippen LogP contribution in [0.25, 0.3) is 0 Å². The Kier molecular flexibility index (Phi) is 7.08. The van der Waals surface area contributed by atoms with Gasteiger partial charge in [-0.1, -0.05) is 66.2 Å². The summed E-state index contributed by atoms with van der Waals surface area (Å²) in [4.78, 5) is 27.8. The molecule has 0 aromatic heterocycles. The molecule has 0 bridgehead atoms. The predicted octanol–water partition coefficient (Wildman–Crippen LogP) is 6.15. The molecular weight excluding hydrogens is 460 g/mol. The molecule has 0 spiro atoms. The Labute approximate surface area is 201 Å². The summed E-state index contributed by atoms with van der Waals surface area (Å²) in [5, 5.41) is 0.430. The lowest BCUT2D eigenvalue weighted by atomic mass is 9.83. The second kappa shape index (κ2) is 10.2. The molecule has 1 aliphatic heterocycles. The third-order valence-corrected chi connectivity index (χ3v) is 6.22. The Morgan fingerprint density at radius 2 is 1.76 bits per heavy atom. The van der Waals surface area contributed by atoms with Gasteiger partial charge in [-0.3, -0.25) is 4.79 Å². The summed E-state index contributed by atoms with van der Waals surface area (Å²) in [6, 6.07) is 19.5. The van der Waals surface area contributed by atoms with Crippen LogP contribution in [0, 0.1) is 11.6 Å². The number of nitrogens with zero attached hydrogens (tertiary/aromatic N) is 1. The number of amides is 1. The molecule has 174 valence electrons. The highest BCUT2D eigenvalue weighted by atomic mass is 35.5. The van der Waals surface area contributed by atoms with E-state index in [1.165, 1.54) is 11.0 Å². The van der Waals surface area contributed by atoms with Crippen LogP contribution >= 0.6 is 11.6 Å². The minimum absolute atomic E-state index is 0.0420. The monoisotopic (exact) mass is 481 g/mol. The van der Waals surface area contributed by atoms with Crippen LogP contribution in [0.15, 0.2) is 84.1 Å². The smallest absolute Gasteiger partial charge is 0.336 e. The zero-order chi connectivity index (χ0) is 24.2. The highest BCUT2D eigenvalue weighted by molar-refractivity contribution is 6.31. The van der Waals surface area contributed by atoms with Crippen LogP contribution in [0.3, 0.4) is 0 Å². The van der Waals surface area contributed by atoms with E-state index < -0.39 is 23.5 Å². The van der Waals surface area contributed by atoms with Gasteiger partial charge in [-0.15, -0.1) is 0 Å². The summed E-state index contributed by atoms with van der Waals surface area (Å²) in [6.45, 7) is 1.55. The largest absolute Gasteiger partial charge is 0.457 e. The molecular formula is C27H22ClF2NO3. The van der Waals surface area contributed by atoms with Gasteiger partial charge in [0.25, 0.3) is 0 Å². The summed E-state index contributed by atoms with van der Waals surface area (Å²) in [6.07, 6.45) is -0.0420. The lowest BCUT2D eigenvalue weighted by Crippen LogP contribution is -2.38. The number of esters is 1. The molecule has 1 amide bonds. The van der Waals surface area contributed by atoms with Gasteiger partial charge in [0.05, 0.1) is 12.1 Å². The molecule has 34 heavy (non-hydrogen) atoms. The zero-order valence-electron chi connectivity index (χ0n) is 18.4. The van der Waals surface area contributed by atoms with Crippen LogP contribution in [0.5, 0.6) is 0 Å². The number of hydrogen-bond donors (Lipinski definition) is 0. The van der Waals surface area contributed by atoms with Crippen molar-refractivity contribution in [1.82, 2.24) is 4.90 Å². The van der Waals surface area contributed by atoms with Crippen LogP contribution < -0.4 is 0 Å². The predicted molar refractivity (Wildman–Crippen MR) is 125 cm³/mol. The van der Waals surface area contributed by atoms with Gasteiger partial charge in [-0.25, -0.2) is 13.6 Å². The highest BCUT2D eigenvalue weighted by Gasteiger charge is 2.38. The number of benzene rings is 3. The normalized spacial score (nSPS) is 16.1. The number of rotatable bonds is 6. The van der Waals surface area contributed by atoms with Crippen molar-refractivity contribution in [2.75, 3.05) is 0 Å². The SMILES string of the molecule is CC1=C(C(=O)OCc2ccccc2)C(c2ccccc2Cl)CC(=O)N1Cc1ccc(F)cc1F. The first-order valence-electron chi connectivity index (χ1n) is 10.8. The first-order chi connectivity index (χ1) is 16.3. The van der Waals surface area contributed by atoms with E-state index in [1.807, 2.05) is 30.3 Å². The van der Waals surface area contributed by atoms with E-state index in [4.69, 9.17) is 16.3 Å². The van der Waals surface area contributed by atoms with E-state index >= 15 is 0 Å². The second-order valence-electron chi connectivity index (χ2n) is 8.05. The second-order valence-corrected chi connectivity index (χ2v) is 8.46. The first kappa shape index (κ1) is 23.6. The van der Waals surface area contributed by atoms with Crippen LogP contribution in [0.4, 0.5) is 8.78 Å². The Hall–Kier alpha value is -3.51. The molecule has 0 radical (unpaired) electrons. The molecule has 1 unspecified atom stereocenters. The van der Waals surface area contributed by atoms with Crippen molar-refractivity contribution < 1.29 is 23.1 Å². The first-order valence-corrected chi connectivity index (χ1v) is 11.1. The summed E-state index contributed by atoms with van der Waals surface area (Å²) in [5.41, 5.74) is 2.23. The fourth-order valence-electron chi connectivity index (χ4n) is 4.11. The van der Waals surface area contributed by atoms with Crippen molar-refractivity contribution in [1.29, 1.82) is 0 Å². The van der Waals surface area contributed by atoms with E-state index in [2.05, 4.69) is 0 Å². The van der Waals surface area contributed by atoms with E-state index in [9.17, 15) is 18.4 Å². The number of carbonyl (C=O) groups is 2. The quantitative estimate of drug-likeness (QED) is 0.397. The summed E-state index contributed by atoms with van der Waals surface area (Å²) >= 11 is 6.41. The van der Waals surface area contributed by atoms with E-state index in [-0.39, 0.29) is 36.6 Å². The third-order valence-electron chi connectivity index (χ3n) is 5.88. The lowest BCUT2D eigenvalue weighted by molar-refractivity contribution is -0.141. The zero-order valence-corrected chi connectivity index (χ0v) is 19.2. The highest BCUT2D eigenvalue weighted by Crippen LogP contribution is 2.40. The molecule has 0 saturated heterocycles. The van der Waals surface area contributed by atoms with Gasteiger partial charge in [0.2, 0.25) is 5.91 Å². The maximum atomic E-state index is 14.3. The molecule has 1 heterocycles. The van der Waals surface area contributed by atoms with Crippen LogP contribution in [0.1, 0.15) is 36.0 Å². The van der Waals surface area contributed by atoms with Crippen LogP contribution in [0.2, 0.25) is 5.02 Å². The molecule has 1 aliphatic rings. The number of halogens is 3. The molecule has 4 nitrogen and oxygen atoms in total. The van der Waals surface area contributed by atoms with E-state index in [0.717, 1.165) is 17.7 Å². The number of allylic oxidation sites excluding steroid dienone is 1. The van der Waals surface area contributed by atoms with Crippen molar-refractivity contribution >= 4 is 23.5 Å². The van der Waals surface area contributed by atoms with E-state index in [0.29, 0.717) is 16.3 Å². The van der Waals surface area contributed by atoms with Gasteiger partial charge in [0, 0.05) is 34.7 Å². The summed E-state index contributed by atoms with van der Waals surface area (Å²) < 4.78 is 33.3. The number of hydrogen-bond acceptors (Lipinski definition) is 3. The molecule has 0 saturated carbocycles. The standard InChI is InChI=1S/C27H22ClF2NO3/c1-17-26(27(33)34-16-18-7-3-2-4-8-18)22(21-9-5-6-10-23(21)28)14-25(32)31(17)15-19-11-12-20(29)13-24(19)30/h2-13,22H,14-16H2,1H3. The van der Waals surface area contributed by atoms with Crippen molar-refractivity contribution in [2.45, 2.75) is 32.4 Å². The van der Waals surface area contributed by atoms with Crippen LogP contribution in [-0.4, -0.2) is 16.8 Å². The molecule has 4 rings (SSSR count). The summed E-state index contributed by atoms with van der Waals surface area (Å²) in [5.74, 6) is -2.96. The average Bonchev–Trinajstić information content (AvgIpc) is 2.82. The van der Waals surface area contributed by atoms with Crippen molar-refractivity contribution in [3.8, 4) is 0 Å². The molecule has 0 aliphatic carbocycles. The molecule has 3 aromatic carbocycles. The Morgan fingerprint density at radius 3 is 2.47 bits per heavy atom. The number of ether oxygens (including phenoxy) is 1. The third kappa shape index (κ3) is 5.02. The fraction of sp³-hybridized carbons (Fsp3) is 0.185. The van der Waals surface area contributed by atoms with Crippen molar-refractivity contribution in [3.63, 3.8) is 0 Å². The maximum absolute atomic E-state index is 14.3. The molecule has 7 heteroatoms. The Balaban J connectivity index is 1.71. The van der Waals surface area contributed by atoms with Gasteiger partial charge in [-0.2, -0.15) is 0 Å². The molecule has 3 aromatic rings. The fourth-order valence-corrected chi connectivity index (χ4v) is 4.38. The lowest BCUT2D eigenvalue weighted by Gasteiger charge is -2.35. The van der Waals surface area contributed by atoms with Crippen molar-refractivity contribution in [2.24, 2.45) is 0 Å². The summed E-state index contributed by atoms with van der Waals surface area (Å²) in [7, 11) is 0. The minimum Gasteiger partial charge on any atom is -0.457 e. The van der Waals surface area contributed by atoms with Crippen LogP contribution in [-0.2, 0) is 27.5 Å². The van der Waals surface area contributed by atoms with Crippen molar-refractivity contribution in [3.05, 3.63) is 117 Å². The average molecular weight is 482 g/mol. The topological polar surface area (TPSA) is 46.6 Å². The van der Waals surface area contributed by atoms with Gasteiger partial charge in [-0.05, 0) is 30.2 Å². The molecule has 0 fully saturated rings. The Bertz CT molecular complexity index is 1260. The van der Waals surface area contributed by atoms with Gasteiger partial charge in [0.1, 0.15) is 18.2 Å². The Morgan fingerprint density at radius 1 is 1.06 bits per heavy atom. The maximum Gasteiger partial charge on any atom is 0.336 e. The van der Waals surface area contributed by atoms with Gasteiger partial charge in [0.15, 0.2) is 0 Å². The molecule has 0 N–H and O–H groups in total. The minimum atomic E-state index is -0.762.